The average molecular weight is 781 g/mol. The molecule has 1 saturated heterocycles. The van der Waals surface area contributed by atoms with Crippen molar-refractivity contribution in [3.05, 3.63) is 51.6 Å². The first kappa shape index (κ1) is 43.4. The third kappa shape index (κ3) is 13.1. The second-order valence-corrected chi connectivity index (χ2v) is 14.9. The van der Waals surface area contributed by atoms with Crippen LogP contribution in [0, 0.1) is 5.92 Å². The smallest absolute Gasteiger partial charge is 0.352 e. The fourth-order valence-corrected chi connectivity index (χ4v) is 7.63. The third-order valence-electron chi connectivity index (χ3n) is 8.83. The van der Waals surface area contributed by atoms with Gasteiger partial charge in [0.2, 0.25) is 5.43 Å². The molecule has 4 atom stereocenters. The number of carboxylic acids is 1. The molecule has 3 rings (SSSR count). The molecule has 1 aromatic heterocycles. The Bertz CT molecular complexity index is 1580. The van der Waals surface area contributed by atoms with Gasteiger partial charge in [-0.2, -0.15) is 4.73 Å². The summed E-state index contributed by atoms with van der Waals surface area (Å²) in [6, 6.07) is -0.147. The van der Waals surface area contributed by atoms with Crippen LogP contribution in [-0.2, 0) is 35.4 Å². The highest BCUT2D eigenvalue weighted by atomic mass is 32.2. The van der Waals surface area contributed by atoms with E-state index < -0.39 is 64.2 Å². The summed E-state index contributed by atoms with van der Waals surface area (Å²) in [6.07, 6.45) is 16.7. The molecule has 0 aromatic carbocycles. The van der Waals surface area contributed by atoms with Crippen molar-refractivity contribution in [3.8, 4) is 5.75 Å². The highest BCUT2D eigenvalue weighted by Crippen LogP contribution is 2.40. The number of carbonyl (C=O) groups is 4. The van der Waals surface area contributed by atoms with Crippen LogP contribution in [0.15, 0.2) is 45.6 Å². The lowest BCUT2D eigenvalue weighted by atomic mass is 9.91. The predicted octanol–water partition coefficient (Wildman–Crippen LogP) is 3.73. The summed E-state index contributed by atoms with van der Waals surface area (Å²) in [4.78, 5) is 69.3. The molecule has 0 bridgehead atoms. The monoisotopic (exact) mass is 780 g/mol. The summed E-state index contributed by atoms with van der Waals surface area (Å²) in [6.45, 7) is 2.65. The maximum atomic E-state index is 13.9. The van der Waals surface area contributed by atoms with E-state index in [4.69, 9.17) is 20.4 Å². The van der Waals surface area contributed by atoms with Gasteiger partial charge in [-0.25, -0.2) is 4.79 Å². The Kier molecular flexibility index (Phi) is 18.2. The van der Waals surface area contributed by atoms with Gasteiger partial charge in [0.15, 0.2) is 12.4 Å². The molecule has 2 aliphatic rings. The number of oxime groups is 1. The Labute approximate surface area is 317 Å². The van der Waals surface area contributed by atoms with Gasteiger partial charge in [0, 0.05) is 30.2 Å². The van der Waals surface area contributed by atoms with Crippen molar-refractivity contribution in [3.63, 3.8) is 0 Å². The number of aliphatic carboxylic acids is 1. The lowest BCUT2D eigenvalue weighted by Crippen LogP contribution is -2.71. The van der Waals surface area contributed by atoms with Crippen LogP contribution in [0.1, 0.15) is 96.6 Å². The Balaban J connectivity index is 1.76. The van der Waals surface area contributed by atoms with Gasteiger partial charge in [-0.3, -0.25) is 29.2 Å². The Morgan fingerprint density at radius 2 is 1.79 bits per heavy atom. The van der Waals surface area contributed by atoms with Crippen LogP contribution in [-0.4, -0.2) is 83.7 Å². The van der Waals surface area contributed by atoms with E-state index in [1.807, 2.05) is 0 Å². The van der Waals surface area contributed by atoms with Crippen LogP contribution in [0.25, 0.3) is 0 Å². The molecule has 1 fully saturated rings. The number of thioether (sulfide) groups is 1. The molecule has 2 unspecified atom stereocenters. The zero-order valence-electron chi connectivity index (χ0n) is 30.2. The topological polar surface area (TPSA) is 249 Å². The largest absolute Gasteiger partial charge is 0.503 e. The van der Waals surface area contributed by atoms with Crippen LogP contribution in [0.2, 0.25) is 0 Å². The maximum Gasteiger partial charge on any atom is 0.352 e. The minimum Gasteiger partial charge on any atom is -0.503 e. The van der Waals surface area contributed by atoms with Crippen molar-refractivity contribution < 1.29 is 44.2 Å². The van der Waals surface area contributed by atoms with Crippen LogP contribution in [0.3, 0.4) is 0 Å². The van der Waals surface area contributed by atoms with Gasteiger partial charge in [0.1, 0.15) is 35.1 Å². The van der Waals surface area contributed by atoms with Crippen LogP contribution >= 0.6 is 23.7 Å². The van der Waals surface area contributed by atoms with E-state index in [0.717, 1.165) is 54.8 Å². The molecular weight excluding hydrogens is 729 g/mol. The number of ether oxygens (including phenoxy) is 1. The number of aromatic nitrogens is 1. The highest BCUT2D eigenvalue weighted by molar-refractivity contribution is 8.00. The van der Waals surface area contributed by atoms with E-state index >= 15 is 0 Å². The number of pyridine rings is 1. The lowest BCUT2D eigenvalue weighted by molar-refractivity contribution is -0.150. The van der Waals surface area contributed by atoms with Crippen LogP contribution in [0.5, 0.6) is 5.75 Å². The van der Waals surface area contributed by atoms with E-state index in [0.29, 0.717) is 17.6 Å². The first-order valence-corrected chi connectivity index (χ1v) is 19.8. The molecule has 2 aliphatic heterocycles. The quantitative estimate of drug-likeness (QED) is 0.0101. The third-order valence-corrected chi connectivity index (χ3v) is 10.7. The van der Waals surface area contributed by atoms with E-state index in [9.17, 15) is 39.4 Å². The predicted molar refractivity (Wildman–Crippen MR) is 202 cm³/mol. The van der Waals surface area contributed by atoms with Gasteiger partial charge in [0.05, 0.1) is 11.6 Å². The van der Waals surface area contributed by atoms with Crippen molar-refractivity contribution >= 4 is 53.2 Å². The average Bonchev–Trinajstić information content (AvgIpc) is 3.12. The number of nitrogens with one attached hydrogen (secondary N) is 1. The molecule has 53 heavy (non-hydrogen) atoms. The van der Waals surface area contributed by atoms with Crippen molar-refractivity contribution in [2.45, 2.75) is 114 Å². The highest BCUT2D eigenvalue weighted by Gasteiger charge is 2.54. The molecule has 0 radical (unpaired) electrons. The number of esters is 1. The normalized spacial score (nSPS) is 18.4. The van der Waals surface area contributed by atoms with E-state index in [1.165, 1.54) is 50.8 Å². The molecule has 16 nitrogen and oxygen atoms in total. The minimum absolute atomic E-state index is 0.0595. The number of hydrogen-bond donors (Lipinski definition) is 6. The molecule has 294 valence electrons. The molecule has 0 aliphatic carbocycles. The number of amides is 2. The SMILES string of the molecule is CCCCCCCC/C=C\CCCCC(CC(N)SN)/C(=N/OCc1cc(=O)c(O)cn1O)C(=O)N[C@@H]1C(=O)N2C(C(=O)O)=C(COC(C)=O)CS[C@H]12. The second kappa shape index (κ2) is 22.3. The second-order valence-electron chi connectivity index (χ2n) is 12.9. The summed E-state index contributed by atoms with van der Waals surface area (Å²) in [5.74, 6) is -4.50. The Morgan fingerprint density at radius 1 is 1.11 bits per heavy atom. The van der Waals surface area contributed by atoms with E-state index in [1.54, 1.807) is 0 Å². The summed E-state index contributed by atoms with van der Waals surface area (Å²) in [7, 11) is 0. The Morgan fingerprint density at radius 3 is 2.45 bits per heavy atom. The summed E-state index contributed by atoms with van der Waals surface area (Å²) < 4.78 is 5.48. The molecule has 8 N–H and O–H groups in total. The summed E-state index contributed by atoms with van der Waals surface area (Å²) >= 11 is 2.12. The number of β-lactam (4-membered cyclic amide) rings is 1. The fraction of sp³-hybridized carbons (Fsp3) is 0.600. The first-order chi connectivity index (χ1) is 25.4. The minimum atomic E-state index is -1.37. The standard InChI is InChI=1S/C35H52N6O10S2/c1-3-4-5-6-7-8-9-10-11-12-13-14-15-23(16-28(36)53-37)29(39-51-20-25-17-26(43)27(44)18-40(25)49)32(45)38-30-33(46)41-31(35(47)48)24(19-50-22(2)42)21-52-34(30)41/h10-11,17-18,23,28,30,34,44,49H,3-9,12-16,19-21,36-37H2,1-2H3,(H,38,45)(H,47,48)/b11-10-,39-29-/t23?,28?,30-,34-/m1/s1. The number of fused-ring (bicyclic) bond motifs is 1. The van der Waals surface area contributed by atoms with Crippen LogP contribution < -0.4 is 21.6 Å². The number of nitrogens with two attached hydrogens (primary N) is 2. The summed E-state index contributed by atoms with van der Waals surface area (Å²) in [5.41, 5.74) is 5.25. The maximum absolute atomic E-state index is 13.9. The Hall–Kier alpha value is -4.00. The van der Waals surface area contributed by atoms with Crippen molar-refractivity contribution in [2.24, 2.45) is 21.9 Å². The number of carbonyl (C=O) groups excluding carboxylic acids is 3. The molecule has 0 saturated carbocycles. The number of aromatic hydroxyl groups is 1. The molecule has 0 spiro atoms. The number of carboxylic acid groups (broad SMARTS) is 1. The molecule has 1 aromatic rings. The number of unbranched alkanes of at least 4 members (excludes halogenated alkanes) is 8. The van der Waals surface area contributed by atoms with Crippen molar-refractivity contribution in [1.82, 2.24) is 14.9 Å². The van der Waals surface area contributed by atoms with E-state index in [-0.39, 0.29) is 41.5 Å². The molecule has 2 amide bonds. The van der Waals surface area contributed by atoms with Gasteiger partial charge in [-0.1, -0.05) is 74.7 Å². The van der Waals surface area contributed by atoms with Gasteiger partial charge in [-0.05, 0) is 38.5 Å². The molecular formula is C35H52N6O10S2. The van der Waals surface area contributed by atoms with Gasteiger partial charge < -0.3 is 36.0 Å². The molecule has 18 heteroatoms. The van der Waals surface area contributed by atoms with Crippen LogP contribution in [0.4, 0.5) is 0 Å². The fourth-order valence-electron chi connectivity index (χ4n) is 5.96. The summed E-state index contributed by atoms with van der Waals surface area (Å²) in [5, 5.41) is 40.9. The van der Waals surface area contributed by atoms with Gasteiger partial charge in [0.25, 0.3) is 11.8 Å². The van der Waals surface area contributed by atoms with E-state index in [2.05, 4.69) is 29.5 Å². The number of allylic oxidation sites excluding steroid dienone is 2. The van der Waals surface area contributed by atoms with Crippen molar-refractivity contribution in [1.29, 1.82) is 0 Å². The number of hydrogen-bond acceptors (Lipinski definition) is 14. The number of rotatable bonds is 24. The van der Waals surface area contributed by atoms with Crippen molar-refractivity contribution in [2.75, 3.05) is 12.4 Å². The lowest BCUT2D eigenvalue weighted by Gasteiger charge is -2.49. The van der Waals surface area contributed by atoms with Gasteiger partial charge in [-0.15, -0.1) is 11.8 Å². The first-order valence-electron chi connectivity index (χ1n) is 17.8. The zero-order chi connectivity index (χ0) is 38.9. The zero-order valence-corrected chi connectivity index (χ0v) is 31.9. The number of nitrogens with zero attached hydrogens (tertiary/aromatic N) is 3. The van der Waals surface area contributed by atoms with Gasteiger partial charge >= 0.3 is 11.9 Å². The molecule has 3 heterocycles.